The Morgan fingerprint density at radius 1 is 1.44 bits per heavy atom. The van der Waals surface area contributed by atoms with E-state index < -0.39 is 18.1 Å². The van der Waals surface area contributed by atoms with E-state index in [1.54, 1.807) is 0 Å². The molecule has 6 nitrogen and oxygen atoms in total. The van der Waals surface area contributed by atoms with Gasteiger partial charge in [-0.15, -0.1) is 0 Å². The van der Waals surface area contributed by atoms with Crippen LogP contribution in [0.25, 0.3) is 0 Å². The monoisotopic (exact) mass is 256 g/mol. The highest BCUT2D eigenvalue weighted by Gasteiger charge is 2.39. The second kappa shape index (κ2) is 5.67. The highest BCUT2D eigenvalue weighted by atomic mass is 16.5. The van der Waals surface area contributed by atoms with Gasteiger partial charge >= 0.3 is 5.97 Å². The number of nitrogens with one attached hydrogen (secondary N) is 1. The molecule has 0 bridgehead atoms. The predicted octanol–water partition coefficient (Wildman–Crippen LogP) is -0.313. The third-order valence-corrected chi connectivity index (χ3v) is 3.69. The molecule has 0 aromatic carbocycles. The van der Waals surface area contributed by atoms with Crippen LogP contribution < -0.4 is 5.32 Å². The van der Waals surface area contributed by atoms with Crippen molar-refractivity contribution < 1.29 is 19.4 Å². The summed E-state index contributed by atoms with van der Waals surface area (Å²) in [5.74, 6) is -1.05. The Balaban J connectivity index is 2.08. The van der Waals surface area contributed by atoms with Crippen molar-refractivity contribution in [1.82, 2.24) is 10.2 Å². The molecule has 0 radical (unpaired) electrons. The number of hydrogen-bond donors (Lipinski definition) is 2. The smallest absolute Gasteiger partial charge is 0.326 e. The van der Waals surface area contributed by atoms with Crippen LogP contribution in [0.5, 0.6) is 0 Å². The van der Waals surface area contributed by atoms with E-state index in [-0.39, 0.29) is 11.8 Å². The fraction of sp³-hybridized carbons (Fsp3) is 0.833. The number of hydrogen-bond acceptors (Lipinski definition) is 4. The second-order valence-corrected chi connectivity index (χ2v) is 5.02. The van der Waals surface area contributed by atoms with Gasteiger partial charge in [0.2, 0.25) is 5.91 Å². The van der Waals surface area contributed by atoms with E-state index in [9.17, 15) is 14.7 Å². The van der Waals surface area contributed by atoms with Crippen LogP contribution in [0, 0.1) is 5.92 Å². The van der Waals surface area contributed by atoms with E-state index in [0.29, 0.717) is 26.3 Å². The summed E-state index contributed by atoms with van der Waals surface area (Å²) in [6, 6.07) is -1.10. The summed E-state index contributed by atoms with van der Waals surface area (Å²) in [4.78, 5) is 25.2. The van der Waals surface area contributed by atoms with Crippen LogP contribution in [-0.4, -0.2) is 60.3 Å². The van der Waals surface area contributed by atoms with Crippen LogP contribution in [0.4, 0.5) is 0 Å². The second-order valence-electron chi connectivity index (χ2n) is 5.02. The number of amides is 1. The number of nitrogens with zero attached hydrogens (tertiary/aromatic N) is 1. The van der Waals surface area contributed by atoms with E-state index in [1.807, 2.05) is 6.92 Å². The zero-order chi connectivity index (χ0) is 13.1. The molecule has 2 fully saturated rings. The van der Waals surface area contributed by atoms with Crippen molar-refractivity contribution in [3.63, 3.8) is 0 Å². The molecule has 2 rings (SSSR count). The minimum absolute atomic E-state index is 0.00436. The molecule has 3 unspecified atom stereocenters. The first-order chi connectivity index (χ1) is 8.61. The Morgan fingerprint density at radius 2 is 2.22 bits per heavy atom. The molecule has 0 aromatic rings. The molecule has 3 atom stereocenters. The van der Waals surface area contributed by atoms with Crippen molar-refractivity contribution in [2.24, 2.45) is 5.92 Å². The Morgan fingerprint density at radius 3 is 2.83 bits per heavy atom. The molecule has 0 aliphatic carbocycles. The quantitative estimate of drug-likeness (QED) is 0.708. The average molecular weight is 256 g/mol. The Hall–Kier alpha value is -1.14. The van der Waals surface area contributed by atoms with Crippen molar-refractivity contribution in [1.29, 1.82) is 0 Å². The number of aliphatic carboxylic acids is 1. The average Bonchev–Trinajstić information content (AvgIpc) is 2.38. The van der Waals surface area contributed by atoms with Gasteiger partial charge < -0.3 is 20.1 Å². The summed E-state index contributed by atoms with van der Waals surface area (Å²) >= 11 is 0. The lowest BCUT2D eigenvalue weighted by Crippen LogP contribution is -2.59. The summed E-state index contributed by atoms with van der Waals surface area (Å²) in [5, 5.41) is 12.4. The molecule has 102 valence electrons. The summed E-state index contributed by atoms with van der Waals surface area (Å²) in [5.41, 5.74) is 0. The molecule has 6 heteroatoms. The van der Waals surface area contributed by atoms with Crippen LogP contribution in [-0.2, 0) is 14.3 Å². The first-order valence-electron chi connectivity index (χ1n) is 6.45. The van der Waals surface area contributed by atoms with Crippen molar-refractivity contribution in [3.8, 4) is 0 Å². The molecule has 0 saturated carbocycles. The predicted molar refractivity (Wildman–Crippen MR) is 64.1 cm³/mol. The molecule has 2 heterocycles. The number of morpholine rings is 1. The maximum Gasteiger partial charge on any atom is 0.326 e. The molecule has 1 amide bonds. The van der Waals surface area contributed by atoms with Crippen LogP contribution in [0.1, 0.15) is 19.8 Å². The van der Waals surface area contributed by atoms with Gasteiger partial charge in [-0.2, -0.15) is 0 Å². The van der Waals surface area contributed by atoms with E-state index in [0.717, 1.165) is 12.8 Å². The van der Waals surface area contributed by atoms with Gasteiger partial charge in [0.15, 0.2) is 0 Å². The summed E-state index contributed by atoms with van der Waals surface area (Å²) in [6.45, 7) is 3.98. The van der Waals surface area contributed by atoms with Gasteiger partial charge in [-0.05, 0) is 18.8 Å². The third kappa shape index (κ3) is 2.64. The zero-order valence-corrected chi connectivity index (χ0v) is 10.6. The van der Waals surface area contributed by atoms with Gasteiger partial charge in [0.1, 0.15) is 12.1 Å². The number of carbonyl (C=O) groups is 2. The maximum atomic E-state index is 12.3. The van der Waals surface area contributed by atoms with Crippen LogP contribution >= 0.6 is 0 Å². The van der Waals surface area contributed by atoms with Crippen molar-refractivity contribution in [2.75, 3.05) is 26.3 Å². The number of ether oxygens (including phenoxy) is 1. The number of carboxylic acid groups (broad SMARTS) is 1. The van der Waals surface area contributed by atoms with Crippen LogP contribution in [0.3, 0.4) is 0 Å². The highest BCUT2D eigenvalue weighted by Crippen LogP contribution is 2.24. The van der Waals surface area contributed by atoms with Gasteiger partial charge in [-0.25, -0.2) is 4.79 Å². The molecule has 0 spiro atoms. The molecular weight excluding hydrogens is 236 g/mol. The van der Waals surface area contributed by atoms with E-state index in [4.69, 9.17) is 4.74 Å². The summed E-state index contributed by atoms with van der Waals surface area (Å²) < 4.78 is 5.26. The van der Waals surface area contributed by atoms with Gasteiger partial charge in [0, 0.05) is 13.1 Å². The Kier molecular flexibility index (Phi) is 4.19. The molecule has 18 heavy (non-hydrogen) atoms. The number of carboxylic acids is 1. The van der Waals surface area contributed by atoms with Crippen LogP contribution in [0.2, 0.25) is 0 Å². The maximum absolute atomic E-state index is 12.3. The van der Waals surface area contributed by atoms with E-state index in [1.165, 1.54) is 4.90 Å². The standard InChI is InChI=1S/C12H20N2O4/c1-8-3-2-5-14(10(8)12(16)17)11(15)9-7-18-6-4-13-9/h8-10,13H,2-7H2,1H3,(H,16,17). The first kappa shape index (κ1) is 13.3. The van der Waals surface area contributed by atoms with Crippen molar-refractivity contribution in [2.45, 2.75) is 31.8 Å². The number of likely N-dealkylation sites (tertiary alicyclic amines) is 1. The lowest BCUT2D eigenvalue weighted by Gasteiger charge is -2.39. The third-order valence-electron chi connectivity index (χ3n) is 3.69. The lowest BCUT2D eigenvalue weighted by atomic mass is 9.90. The number of piperidine rings is 1. The molecule has 2 aliphatic rings. The van der Waals surface area contributed by atoms with E-state index >= 15 is 0 Å². The Bertz CT molecular complexity index is 328. The molecular formula is C12H20N2O4. The van der Waals surface area contributed by atoms with Gasteiger partial charge in [-0.3, -0.25) is 4.79 Å². The first-order valence-corrected chi connectivity index (χ1v) is 6.45. The SMILES string of the molecule is CC1CCCN(C(=O)C2COCCN2)C1C(=O)O. The Labute approximate surface area is 106 Å². The van der Waals surface area contributed by atoms with E-state index in [2.05, 4.69) is 5.32 Å². The van der Waals surface area contributed by atoms with Gasteiger partial charge in [0.05, 0.1) is 13.2 Å². The van der Waals surface area contributed by atoms with Gasteiger partial charge in [-0.1, -0.05) is 6.92 Å². The normalized spacial score (nSPS) is 33.2. The molecule has 2 saturated heterocycles. The minimum atomic E-state index is -0.910. The minimum Gasteiger partial charge on any atom is -0.480 e. The topological polar surface area (TPSA) is 78.9 Å². The fourth-order valence-corrected chi connectivity index (χ4v) is 2.74. The van der Waals surface area contributed by atoms with Crippen molar-refractivity contribution >= 4 is 11.9 Å². The largest absolute Gasteiger partial charge is 0.480 e. The van der Waals surface area contributed by atoms with Gasteiger partial charge in [0.25, 0.3) is 0 Å². The molecule has 2 N–H and O–H groups in total. The lowest BCUT2D eigenvalue weighted by molar-refractivity contribution is -0.156. The fourth-order valence-electron chi connectivity index (χ4n) is 2.74. The highest BCUT2D eigenvalue weighted by molar-refractivity contribution is 5.87. The summed E-state index contributed by atoms with van der Waals surface area (Å²) in [7, 11) is 0. The summed E-state index contributed by atoms with van der Waals surface area (Å²) in [6.07, 6.45) is 1.72. The van der Waals surface area contributed by atoms with Crippen molar-refractivity contribution in [3.05, 3.63) is 0 Å². The zero-order valence-electron chi connectivity index (χ0n) is 10.6. The molecule has 2 aliphatic heterocycles. The number of rotatable bonds is 2. The van der Waals surface area contributed by atoms with Crippen LogP contribution in [0.15, 0.2) is 0 Å². The molecule has 0 aromatic heterocycles. The number of carbonyl (C=O) groups excluding carboxylic acids is 1.